The van der Waals surface area contributed by atoms with Crippen molar-refractivity contribution in [1.29, 1.82) is 0 Å². The summed E-state index contributed by atoms with van der Waals surface area (Å²) in [7, 11) is 0. The fraction of sp³-hybridized carbons (Fsp3) is 0.571. The molecular weight excluding hydrogens is 459 g/mol. The number of benzene rings is 1. The van der Waals surface area contributed by atoms with Crippen molar-refractivity contribution < 1.29 is 19.0 Å². The lowest BCUT2D eigenvalue weighted by Crippen LogP contribution is -2.43. The average molecular weight is 495 g/mol. The monoisotopic (exact) mass is 494 g/mol. The van der Waals surface area contributed by atoms with Gasteiger partial charge in [0.05, 0.1) is 11.7 Å². The third-order valence-corrected chi connectivity index (χ3v) is 8.91. The van der Waals surface area contributed by atoms with Crippen molar-refractivity contribution in [2.24, 2.45) is 5.92 Å². The van der Waals surface area contributed by atoms with Crippen molar-refractivity contribution in [3.05, 3.63) is 47.7 Å². The van der Waals surface area contributed by atoms with Gasteiger partial charge in [-0.25, -0.2) is 9.37 Å². The number of piperidine rings is 1. The van der Waals surface area contributed by atoms with Gasteiger partial charge in [-0.05, 0) is 55.2 Å². The number of pyridine rings is 1. The van der Waals surface area contributed by atoms with Crippen LogP contribution in [0.3, 0.4) is 0 Å². The number of anilines is 1. The maximum absolute atomic E-state index is 13.9. The van der Waals surface area contributed by atoms with Crippen molar-refractivity contribution in [3.63, 3.8) is 0 Å². The quantitative estimate of drug-likeness (QED) is 0.591. The number of hydrogen-bond acceptors (Lipinski definition) is 6. The third kappa shape index (κ3) is 4.40. The summed E-state index contributed by atoms with van der Waals surface area (Å²) in [6.07, 6.45) is 3.94. The van der Waals surface area contributed by atoms with E-state index in [0.29, 0.717) is 24.4 Å². The lowest BCUT2D eigenvalue weighted by Gasteiger charge is -2.33. The number of amides is 1. The highest BCUT2D eigenvalue weighted by Gasteiger charge is 2.61. The van der Waals surface area contributed by atoms with E-state index in [1.165, 1.54) is 18.5 Å². The zero-order chi connectivity index (χ0) is 24.9. The number of nitrogens with one attached hydrogen (secondary N) is 1. The van der Waals surface area contributed by atoms with Crippen LogP contribution in [0.15, 0.2) is 36.5 Å². The van der Waals surface area contributed by atoms with Gasteiger partial charge in [0.25, 0.3) is 5.91 Å². The number of nitrogens with two attached hydrogens (primary N) is 1. The summed E-state index contributed by atoms with van der Waals surface area (Å²) in [6.45, 7) is 4.08. The van der Waals surface area contributed by atoms with Crippen LogP contribution in [0.2, 0.25) is 0 Å². The number of hydrogen-bond donors (Lipinski definition) is 3. The highest BCUT2D eigenvalue weighted by molar-refractivity contribution is 5.99. The van der Waals surface area contributed by atoms with Gasteiger partial charge < -0.3 is 20.9 Å². The molecule has 0 bridgehead atoms. The predicted molar refractivity (Wildman–Crippen MR) is 135 cm³/mol. The van der Waals surface area contributed by atoms with Gasteiger partial charge >= 0.3 is 0 Å². The van der Waals surface area contributed by atoms with Gasteiger partial charge in [0, 0.05) is 62.0 Å². The normalized spacial score (nSPS) is 32.7. The van der Waals surface area contributed by atoms with E-state index in [-0.39, 0.29) is 29.6 Å². The molecule has 2 saturated heterocycles. The summed E-state index contributed by atoms with van der Waals surface area (Å²) >= 11 is 0. The Kier molecular flexibility index (Phi) is 6.22. The van der Waals surface area contributed by atoms with E-state index in [2.05, 4.69) is 39.5 Å². The number of carbonyl (C=O) groups excluding carboxylic acids is 1. The summed E-state index contributed by atoms with van der Waals surface area (Å²) in [4.78, 5) is 19.9. The van der Waals surface area contributed by atoms with Crippen LogP contribution >= 0.6 is 0 Å². The molecule has 6 rings (SSSR count). The Morgan fingerprint density at radius 2 is 1.94 bits per heavy atom. The second-order valence-electron chi connectivity index (χ2n) is 11.1. The van der Waals surface area contributed by atoms with E-state index in [9.17, 15) is 14.3 Å². The minimum Gasteiger partial charge on any atom is -0.390 e. The maximum Gasteiger partial charge on any atom is 0.255 e. The van der Waals surface area contributed by atoms with Crippen LogP contribution in [0.5, 0.6) is 0 Å². The number of carbonyl (C=O) groups is 1. The van der Waals surface area contributed by atoms with Crippen molar-refractivity contribution in [3.8, 4) is 11.1 Å². The minimum atomic E-state index is -1.32. The molecule has 2 aromatic rings. The number of ether oxygens (including phenoxy) is 1. The Balaban J connectivity index is 1.14. The first-order valence-electron chi connectivity index (χ1n) is 13.2. The van der Waals surface area contributed by atoms with E-state index in [1.54, 1.807) is 12.3 Å². The van der Waals surface area contributed by atoms with E-state index in [0.717, 1.165) is 49.6 Å². The van der Waals surface area contributed by atoms with Crippen molar-refractivity contribution in [2.75, 3.05) is 32.0 Å². The maximum atomic E-state index is 13.9. The molecule has 4 aliphatic rings. The van der Waals surface area contributed by atoms with Crippen molar-refractivity contribution >= 4 is 11.7 Å². The predicted octanol–water partition coefficient (Wildman–Crippen LogP) is 3.06. The molecule has 192 valence electrons. The van der Waals surface area contributed by atoms with Gasteiger partial charge in [-0.3, -0.25) is 9.69 Å². The van der Waals surface area contributed by atoms with Gasteiger partial charge in [-0.15, -0.1) is 0 Å². The number of fused-ring (bicyclic) bond motifs is 1. The molecule has 0 radical (unpaired) electrons. The van der Waals surface area contributed by atoms with Crippen molar-refractivity contribution in [1.82, 2.24) is 15.2 Å². The largest absolute Gasteiger partial charge is 0.390 e. The number of aliphatic hydroxyl groups is 1. The lowest BCUT2D eigenvalue weighted by atomic mass is 9.91. The summed E-state index contributed by atoms with van der Waals surface area (Å²) in [5.41, 5.74) is 9.81. The topological polar surface area (TPSA) is 101 Å². The summed E-state index contributed by atoms with van der Waals surface area (Å²) in [5.74, 6) is 0.537. The number of rotatable bonds is 5. The first-order valence-corrected chi connectivity index (χ1v) is 13.2. The Morgan fingerprint density at radius 1 is 1.17 bits per heavy atom. The van der Waals surface area contributed by atoms with E-state index in [4.69, 9.17) is 10.5 Å². The molecule has 0 unspecified atom stereocenters. The fourth-order valence-electron chi connectivity index (χ4n) is 6.60. The number of nitrogen functional groups attached to an aromatic ring is 1. The van der Waals surface area contributed by atoms with Gasteiger partial charge in [0.15, 0.2) is 0 Å². The Labute approximate surface area is 211 Å². The Morgan fingerprint density at radius 3 is 2.69 bits per heavy atom. The molecule has 3 heterocycles. The molecule has 7 nitrogen and oxygen atoms in total. The van der Waals surface area contributed by atoms with Gasteiger partial charge in [0.2, 0.25) is 0 Å². The SMILES string of the molecule is Nc1ncc(-c2ccc([C@@]34C[C@@H]3CN(C3CCOCC3)C4)cc2)cc1C(=O)N[C@@H]1CC[C@@H](O)[C@@H](F)C1. The molecule has 2 saturated carbocycles. The number of aliphatic hydroxyl groups excluding tert-OH is 1. The number of alkyl halides is 1. The zero-order valence-corrected chi connectivity index (χ0v) is 20.5. The molecule has 36 heavy (non-hydrogen) atoms. The zero-order valence-electron chi connectivity index (χ0n) is 20.5. The highest BCUT2D eigenvalue weighted by Crippen LogP contribution is 2.59. The molecule has 1 amide bonds. The molecule has 1 aromatic heterocycles. The Bertz CT molecular complexity index is 1120. The molecule has 4 N–H and O–H groups in total. The van der Waals surface area contributed by atoms with Gasteiger partial charge in [0.1, 0.15) is 12.0 Å². The minimum absolute atomic E-state index is 0.107. The average Bonchev–Trinajstić information content (AvgIpc) is 3.47. The number of aromatic nitrogens is 1. The van der Waals surface area contributed by atoms with Crippen LogP contribution in [0, 0.1) is 5.92 Å². The smallest absolute Gasteiger partial charge is 0.255 e. The van der Waals surface area contributed by atoms with Crippen LogP contribution in [-0.4, -0.2) is 71.6 Å². The van der Waals surface area contributed by atoms with Crippen LogP contribution < -0.4 is 11.1 Å². The van der Waals surface area contributed by atoms with E-state index in [1.807, 2.05) is 0 Å². The summed E-state index contributed by atoms with van der Waals surface area (Å²) in [6, 6.07) is 10.8. The number of likely N-dealkylation sites (tertiary alicyclic amines) is 1. The first kappa shape index (κ1) is 23.8. The second kappa shape index (κ2) is 9.39. The summed E-state index contributed by atoms with van der Waals surface area (Å²) in [5, 5.41) is 12.5. The second-order valence-corrected chi connectivity index (χ2v) is 11.1. The molecule has 0 spiro atoms. The van der Waals surface area contributed by atoms with Crippen molar-refractivity contribution in [2.45, 2.75) is 68.3 Å². The summed E-state index contributed by atoms with van der Waals surface area (Å²) < 4.78 is 19.4. The van der Waals surface area contributed by atoms with Crippen LogP contribution in [0.1, 0.15) is 54.4 Å². The molecule has 8 heteroatoms. The molecular formula is C28H35FN4O3. The molecule has 1 aromatic carbocycles. The molecule has 5 atom stereocenters. The van der Waals surface area contributed by atoms with E-state index < -0.39 is 12.3 Å². The lowest BCUT2D eigenvalue weighted by molar-refractivity contribution is 0.0319. The third-order valence-electron chi connectivity index (χ3n) is 8.91. The first-order chi connectivity index (χ1) is 17.4. The number of nitrogens with zero attached hydrogens (tertiary/aromatic N) is 2. The highest BCUT2D eigenvalue weighted by atomic mass is 19.1. The fourth-order valence-corrected chi connectivity index (χ4v) is 6.60. The van der Waals surface area contributed by atoms with Crippen LogP contribution in [-0.2, 0) is 10.2 Å². The standard InChI is InChI=1S/C28H35FN4O3/c29-24-12-21(5-6-25(24)34)32-27(35)23-11-18(14-31-26(23)30)17-1-3-19(4-2-17)28-13-20(28)15-33(16-28)22-7-9-36-10-8-22/h1-4,11,14,20-22,24-25,34H,5-10,12-13,15-16H2,(H2,30,31)(H,32,35)/t20-,21-,24+,25-,28+/m1/s1. The molecule has 4 fully saturated rings. The Hall–Kier alpha value is -2.55. The van der Waals surface area contributed by atoms with Gasteiger partial charge in [-0.2, -0.15) is 0 Å². The van der Waals surface area contributed by atoms with E-state index >= 15 is 0 Å². The molecule has 2 aliphatic heterocycles. The molecule has 2 aliphatic carbocycles. The number of halogens is 1. The van der Waals surface area contributed by atoms with Crippen LogP contribution in [0.4, 0.5) is 10.2 Å². The van der Waals surface area contributed by atoms with Crippen LogP contribution in [0.25, 0.3) is 11.1 Å². The van der Waals surface area contributed by atoms with Gasteiger partial charge in [-0.1, -0.05) is 24.3 Å².